The number of amides is 1. The number of rotatable bonds is 4. The summed E-state index contributed by atoms with van der Waals surface area (Å²) in [5.74, 6) is 0.580. The summed E-state index contributed by atoms with van der Waals surface area (Å²) in [6.45, 7) is 2.76. The first kappa shape index (κ1) is 16.8. The highest BCUT2D eigenvalue weighted by molar-refractivity contribution is 7.98. The number of fused-ring (bicyclic) bond motifs is 1. The van der Waals surface area contributed by atoms with Gasteiger partial charge >= 0.3 is 0 Å². The monoisotopic (exact) mass is 358 g/mol. The van der Waals surface area contributed by atoms with Crippen molar-refractivity contribution in [3.05, 3.63) is 52.8 Å². The summed E-state index contributed by atoms with van der Waals surface area (Å²) in [5, 5.41) is 0. The number of methoxy groups -OCH3 is 1. The van der Waals surface area contributed by atoms with Gasteiger partial charge in [-0.25, -0.2) is 0 Å². The predicted octanol–water partition coefficient (Wildman–Crippen LogP) is 4.19. The molecule has 0 saturated heterocycles. The Labute approximate surface area is 148 Å². The fourth-order valence-electron chi connectivity index (χ4n) is 2.61. The number of thiazole rings is 1. The number of aromatic nitrogens is 1. The van der Waals surface area contributed by atoms with Crippen LogP contribution in [-0.2, 0) is 6.54 Å². The highest BCUT2D eigenvalue weighted by Gasteiger charge is 2.13. The van der Waals surface area contributed by atoms with Crippen LogP contribution in [0.3, 0.4) is 0 Å². The van der Waals surface area contributed by atoms with Crippen LogP contribution in [0.25, 0.3) is 10.2 Å². The van der Waals surface area contributed by atoms with Crippen molar-refractivity contribution >= 4 is 39.2 Å². The average Bonchev–Trinajstić information content (AvgIpc) is 2.98. The number of carbonyl (C=O) groups is 1. The zero-order chi connectivity index (χ0) is 17.1. The van der Waals surface area contributed by atoms with E-state index >= 15 is 0 Å². The largest absolute Gasteiger partial charge is 0.495 e. The lowest BCUT2D eigenvalue weighted by atomic mass is 10.2. The van der Waals surface area contributed by atoms with Crippen molar-refractivity contribution < 1.29 is 9.53 Å². The van der Waals surface area contributed by atoms with Crippen LogP contribution in [0.4, 0.5) is 0 Å². The topological polar surface area (TPSA) is 43.6 Å². The number of ether oxygens (including phenoxy) is 1. The Morgan fingerprint density at radius 2 is 2.04 bits per heavy atom. The lowest BCUT2D eigenvalue weighted by Gasteiger charge is -2.06. The van der Waals surface area contributed by atoms with E-state index in [4.69, 9.17) is 4.74 Å². The smallest absolute Gasteiger partial charge is 0.280 e. The molecule has 24 heavy (non-hydrogen) atoms. The zero-order valence-corrected chi connectivity index (χ0v) is 15.4. The van der Waals surface area contributed by atoms with Crippen LogP contribution < -0.4 is 9.54 Å². The fraction of sp³-hybridized carbons (Fsp3) is 0.222. The molecule has 3 aromatic rings. The summed E-state index contributed by atoms with van der Waals surface area (Å²) in [6, 6.07) is 13.5. The van der Waals surface area contributed by atoms with Gasteiger partial charge in [0.25, 0.3) is 5.91 Å². The molecule has 0 atom stereocenters. The molecular weight excluding hydrogens is 340 g/mol. The lowest BCUT2D eigenvalue weighted by Crippen LogP contribution is -2.16. The maximum atomic E-state index is 12.7. The lowest BCUT2D eigenvalue weighted by molar-refractivity contribution is 0.0995. The van der Waals surface area contributed by atoms with Crippen molar-refractivity contribution in [2.45, 2.75) is 18.4 Å². The third-order valence-corrected chi connectivity index (χ3v) is 5.57. The maximum Gasteiger partial charge on any atom is 0.280 e. The van der Waals surface area contributed by atoms with Crippen molar-refractivity contribution in [2.75, 3.05) is 13.4 Å². The molecule has 0 aliphatic rings. The summed E-state index contributed by atoms with van der Waals surface area (Å²) in [7, 11) is 1.66. The first-order valence-electron chi connectivity index (χ1n) is 7.58. The molecule has 0 fully saturated rings. The molecule has 0 spiro atoms. The highest BCUT2D eigenvalue weighted by Crippen LogP contribution is 2.27. The maximum absolute atomic E-state index is 12.7. The minimum absolute atomic E-state index is 0.215. The van der Waals surface area contributed by atoms with Gasteiger partial charge in [0.1, 0.15) is 11.3 Å². The van der Waals surface area contributed by atoms with Crippen molar-refractivity contribution in [1.29, 1.82) is 0 Å². The number of para-hydroxylation sites is 1. The third-order valence-electron chi connectivity index (χ3n) is 3.73. The van der Waals surface area contributed by atoms with Gasteiger partial charge in [0.2, 0.25) is 0 Å². The van der Waals surface area contributed by atoms with Crippen molar-refractivity contribution in [2.24, 2.45) is 4.99 Å². The molecule has 3 rings (SSSR count). The van der Waals surface area contributed by atoms with Crippen LogP contribution >= 0.6 is 23.1 Å². The van der Waals surface area contributed by atoms with E-state index < -0.39 is 0 Å². The molecule has 0 saturated carbocycles. The molecule has 0 N–H and O–H groups in total. The van der Waals surface area contributed by atoms with Gasteiger partial charge in [-0.2, -0.15) is 4.99 Å². The predicted molar refractivity (Wildman–Crippen MR) is 100 cm³/mol. The summed E-state index contributed by atoms with van der Waals surface area (Å²) >= 11 is 3.05. The second-order valence-electron chi connectivity index (χ2n) is 5.05. The molecule has 0 aliphatic heterocycles. The molecular formula is C18H18N2O2S2. The SMILES string of the molecule is CCn1c(=NC(=O)c2ccccc2SC)sc2cccc(OC)c21. The number of hydrogen-bond donors (Lipinski definition) is 0. The van der Waals surface area contributed by atoms with Crippen LogP contribution in [0.1, 0.15) is 17.3 Å². The van der Waals surface area contributed by atoms with Crippen molar-refractivity contribution in [3.63, 3.8) is 0 Å². The summed E-state index contributed by atoms with van der Waals surface area (Å²) in [4.78, 5) is 18.7. The van der Waals surface area contributed by atoms with Gasteiger partial charge in [-0.3, -0.25) is 4.79 Å². The molecule has 1 aromatic heterocycles. The van der Waals surface area contributed by atoms with Crippen LogP contribution in [0.5, 0.6) is 5.75 Å². The number of hydrogen-bond acceptors (Lipinski definition) is 4. The molecule has 4 nitrogen and oxygen atoms in total. The van der Waals surface area contributed by atoms with Crippen LogP contribution in [0, 0.1) is 0 Å². The fourth-order valence-corrected chi connectivity index (χ4v) is 4.31. The molecule has 6 heteroatoms. The highest BCUT2D eigenvalue weighted by atomic mass is 32.2. The molecule has 124 valence electrons. The minimum atomic E-state index is -0.215. The van der Waals surface area contributed by atoms with E-state index in [1.807, 2.05) is 60.2 Å². The standard InChI is InChI=1S/C18H18N2O2S2/c1-4-20-16-13(22-2)9-7-11-15(16)24-18(20)19-17(21)12-8-5-6-10-14(12)23-3/h5-11H,4H2,1-3H3. The van der Waals surface area contributed by atoms with Gasteiger partial charge in [0, 0.05) is 11.4 Å². The number of aryl methyl sites for hydroxylation is 1. The molecule has 1 heterocycles. The molecule has 0 unspecified atom stereocenters. The Morgan fingerprint density at radius 3 is 2.75 bits per heavy atom. The quantitative estimate of drug-likeness (QED) is 0.657. The van der Waals surface area contributed by atoms with Crippen molar-refractivity contribution in [1.82, 2.24) is 4.57 Å². The molecule has 0 radical (unpaired) electrons. The van der Waals surface area contributed by atoms with E-state index in [0.29, 0.717) is 10.4 Å². The minimum Gasteiger partial charge on any atom is -0.495 e. The number of benzene rings is 2. The molecule has 2 aromatic carbocycles. The first-order valence-corrected chi connectivity index (χ1v) is 9.62. The van der Waals surface area contributed by atoms with Crippen LogP contribution in [0.2, 0.25) is 0 Å². The Balaban J connectivity index is 2.18. The summed E-state index contributed by atoms with van der Waals surface area (Å²) in [5.41, 5.74) is 1.62. The van der Waals surface area contributed by atoms with Gasteiger partial charge in [0.05, 0.1) is 17.4 Å². The number of thioether (sulfide) groups is 1. The Hall–Kier alpha value is -2.05. The number of carbonyl (C=O) groups excluding carboxylic acids is 1. The molecule has 0 aliphatic carbocycles. The Morgan fingerprint density at radius 1 is 1.25 bits per heavy atom. The second-order valence-corrected chi connectivity index (χ2v) is 6.91. The van der Waals surface area contributed by atoms with E-state index in [1.54, 1.807) is 18.9 Å². The third kappa shape index (κ3) is 2.99. The Bertz CT molecular complexity index is 957. The van der Waals surface area contributed by atoms with E-state index in [1.165, 1.54) is 11.3 Å². The van der Waals surface area contributed by atoms with Gasteiger partial charge in [-0.15, -0.1) is 11.8 Å². The van der Waals surface area contributed by atoms with Gasteiger partial charge in [-0.1, -0.05) is 29.5 Å². The normalized spacial score (nSPS) is 11.9. The molecule has 0 bridgehead atoms. The van der Waals surface area contributed by atoms with Crippen molar-refractivity contribution in [3.8, 4) is 5.75 Å². The number of nitrogens with zero attached hydrogens (tertiary/aromatic N) is 2. The Kier molecular flexibility index (Phi) is 5.06. The summed E-state index contributed by atoms with van der Waals surface area (Å²) in [6.07, 6.45) is 1.96. The van der Waals surface area contributed by atoms with E-state index in [0.717, 1.165) is 27.4 Å². The van der Waals surface area contributed by atoms with E-state index in [2.05, 4.69) is 4.99 Å². The summed E-state index contributed by atoms with van der Waals surface area (Å²) < 4.78 is 8.55. The zero-order valence-electron chi connectivity index (χ0n) is 13.8. The second kappa shape index (κ2) is 7.23. The van der Waals surface area contributed by atoms with E-state index in [-0.39, 0.29) is 5.91 Å². The average molecular weight is 358 g/mol. The van der Waals surface area contributed by atoms with E-state index in [9.17, 15) is 4.79 Å². The van der Waals surface area contributed by atoms with Gasteiger partial charge < -0.3 is 9.30 Å². The van der Waals surface area contributed by atoms with Crippen LogP contribution in [0.15, 0.2) is 52.4 Å². The van der Waals surface area contributed by atoms with Crippen LogP contribution in [-0.4, -0.2) is 23.8 Å². The molecule has 1 amide bonds. The van der Waals surface area contributed by atoms with Gasteiger partial charge in [0.15, 0.2) is 4.80 Å². The first-order chi connectivity index (χ1) is 11.7. The van der Waals surface area contributed by atoms with Gasteiger partial charge in [-0.05, 0) is 37.4 Å².